The van der Waals surface area contributed by atoms with Crippen LogP contribution in [0.1, 0.15) is 58.8 Å². The highest BCUT2D eigenvalue weighted by molar-refractivity contribution is 5.92. The van der Waals surface area contributed by atoms with Crippen LogP contribution in [0.4, 0.5) is 0 Å². The van der Waals surface area contributed by atoms with Crippen LogP contribution < -0.4 is 27.4 Å². The molecule has 9 nitrogen and oxygen atoms in total. The topological polar surface area (TPSA) is 156 Å². The van der Waals surface area contributed by atoms with Crippen molar-refractivity contribution in [2.75, 3.05) is 13.1 Å². The molecule has 0 saturated carbocycles. The normalized spacial score (nSPS) is 13.9. The molecule has 0 aliphatic heterocycles. The lowest BCUT2D eigenvalue weighted by Gasteiger charge is -2.20. The third-order valence-corrected chi connectivity index (χ3v) is 4.09. The molecule has 9 heteroatoms. The van der Waals surface area contributed by atoms with E-state index in [4.69, 9.17) is 11.5 Å². The van der Waals surface area contributed by atoms with E-state index in [-0.39, 0.29) is 5.91 Å². The van der Waals surface area contributed by atoms with Gasteiger partial charge in [0.15, 0.2) is 0 Å². The van der Waals surface area contributed by atoms with Crippen molar-refractivity contribution >= 4 is 24.0 Å². The van der Waals surface area contributed by atoms with Gasteiger partial charge in [0.1, 0.15) is 18.4 Å². The van der Waals surface area contributed by atoms with Gasteiger partial charge >= 0.3 is 0 Å². The summed E-state index contributed by atoms with van der Waals surface area (Å²) < 4.78 is 0. The van der Waals surface area contributed by atoms with Crippen molar-refractivity contribution in [3.05, 3.63) is 0 Å². The van der Waals surface area contributed by atoms with E-state index in [2.05, 4.69) is 16.0 Å². The molecule has 0 bridgehead atoms. The van der Waals surface area contributed by atoms with E-state index in [1.165, 1.54) is 6.92 Å². The van der Waals surface area contributed by atoms with E-state index >= 15 is 0 Å². The zero-order chi connectivity index (χ0) is 20.7. The lowest BCUT2D eigenvalue weighted by molar-refractivity contribution is -0.132. The van der Waals surface area contributed by atoms with Gasteiger partial charge in [0.05, 0.1) is 6.04 Å². The Kier molecular flexibility index (Phi) is 14.0. The monoisotopic (exact) mass is 385 g/mol. The predicted molar refractivity (Wildman–Crippen MR) is 104 cm³/mol. The maximum atomic E-state index is 12.1. The van der Waals surface area contributed by atoms with Crippen molar-refractivity contribution < 1.29 is 19.2 Å². The van der Waals surface area contributed by atoms with Crippen molar-refractivity contribution in [3.8, 4) is 0 Å². The molecule has 0 aliphatic carbocycles. The standard InChI is InChI=1S/C18H35N5O4/c1-13(21-16(25)9-4-3-6-10-19)17(26)22-14(2)18(27)23-15(12-24)8-5-7-11-20/h12-15H,3-11,19-20H2,1-2H3,(H,21,25)(H,22,26)(H,23,27)/t13-,14-,15-/m0/s1. The van der Waals surface area contributed by atoms with E-state index in [0.29, 0.717) is 38.6 Å². The molecule has 0 spiro atoms. The minimum Gasteiger partial charge on any atom is -0.345 e. The minimum atomic E-state index is -0.821. The molecule has 0 fully saturated rings. The summed E-state index contributed by atoms with van der Waals surface area (Å²) in [5.74, 6) is -1.13. The van der Waals surface area contributed by atoms with Crippen LogP contribution in [-0.2, 0) is 19.2 Å². The Labute approximate surface area is 161 Å². The Balaban J connectivity index is 4.27. The van der Waals surface area contributed by atoms with Crippen LogP contribution in [-0.4, -0.2) is 55.2 Å². The molecular formula is C18H35N5O4. The Bertz CT molecular complexity index is 473. The second kappa shape index (κ2) is 15.1. The summed E-state index contributed by atoms with van der Waals surface area (Å²) in [6.45, 7) is 4.20. The van der Waals surface area contributed by atoms with Gasteiger partial charge in [-0.1, -0.05) is 6.42 Å². The van der Waals surface area contributed by atoms with Crippen molar-refractivity contribution in [2.24, 2.45) is 11.5 Å². The van der Waals surface area contributed by atoms with Gasteiger partial charge in [0, 0.05) is 6.42 Å². The average molecular weight is 386 g/mol. The zero-order valence-corrected chi connectivity index (χ0v) is 16.5. The van der Waals surface area contributed by atoms with E-state index < -0.39 is 29.9 Å². The molecule has 7 N–H and O–H groups in total. The smallest absolute Gasteiger partial charge is 0.242 e. The van der Waals surface area contributed by atoms with E-state index in [1.54, 1.807) is 6.92 Å². The Morgan fingerprint density at radius 3 is 1.96 bits per heavy atom. The number of hydrogen-bond acceptors (Lipinski definition) is 6. The fraction of sp³-hybridized carbons (Fsp3) is 0.778. The lowest BCUT2D eigenvalue weighted by atomic mass is 10.1. The van der Waals surface area contributed by atoms with E-state index in [1.807, 2.05) is 0 Å². The number of carbonyl (C=O) groups excluding carboxylic acids is 4. The fourth-order valence-corrected chi connectivity index (χ4v) is 2.38. The van der Waals surface area contributed by atoms with E-state index in [0.717, 1.165) is 25.7 Å². The highest BCUT2D eigenvalue weighted by atomic mass is 16.2. The van der Waals surface area contributed by atoms with Crippen LogP contribution in [0, 0.1) is 0 Å². The van der Waals surface area contributed by atoms with Crippen LogP contribution in [0.25, 0.3) is 0 Å². The number of unbranched alkanes of at least 4 members (excludes halogenated alkanes) is 3. The summed E-state index contributed by atoms with van der Waals surface area (Å²) in [4.78, 5) is 47.1. The van der Waals surface area contributed by atoms with Crippen molar-refractivity contribution in [2.45, 2.75) is 76.9 Å². The summed E-state index contributed by atoms with van der Waals surface area (Å²) in [6, 6.07) is -2.18. The van der Waals surface area contributed by atoms with Crippen LogP contribution >= 0.6 is 0 Å². The van der Waals surface area contributed by atoms with Gasteiger partial charge in [-0.2, -0.15) is 0 Å². The molecule has 0 heterocycles. The van der Waals surface area contributed by atoms with Gasteiger partial charge < -0.3 is 32.2 Å². The van der Waals surface area contributed by atoms with Gasteiger partial charge in [0.25, 0.3) is 0 Å². The van der Waals surface area contributed by atoms with Gasteiger partial charge in [-0.05, 0) is 59.0 Å². The molecule has 0 unspecified atom stereocenters. The molecule has 0 saturated heterocycles. The highest BCUT2D eigenvalue weighted by Gasteiger charge is 2.22. The molecule has 156 valence electrons. The molecule has 0 aromatic rings. The number of nitrogens with two attached hydrogens (primary N) is 2. The van der Waals surface area contributed by atoms with Gasteiger partial charge in [-0.3, -0.25) is 14.4 Å². The molecule has 0 radical (unpaired) electrons. The number of rotatable bonds is 15. The van der Waals surface area contributed by atoms with E-state index in [9.17, 15) is 19.2 Å². The number of amides is 3. The Hall–Kier alpha value is -2.00. The molecular weight excluding hydrogens is 350 g/mol. The first kappa shape index (κ1) is 25.0. The molecule has 3 amide bonds. The van der Waals surface area contributed by atoms with Crippen LogP contribution in [0.5, 0.6) is 0 Å². The van der Waals surface area contributed by atoms with Crippen molar-refractivity contribution in [1.82, 2.24) is 16.0 Å². The molecule has 0 rings (SSSR count). The largest absolute Gasteiger partial charge is 0.345 e. The number of aldehydes is 1. The summed E-state index contributed by atoms with van der Waals surface area (Å²) in [7, 11) is 0. The number of carbonyl (C=O) groups is 4. The van der Waals surface area contributed by atoms with Gasteiger partial charge in [-0.15, -0.1) is 0 Å². The fourth-order valence-electron chi connectivity index (χ4n) is 2.38. The van der Waals surface area contributed by atoms with Gasteiger partial charge in [0.2, 0.25) is 17.7 Å². The first-order chi connectivity index (χ1) is 12.8. The third kappa shape index (κ3) is 12.1. The maximum Gasteiger partial charge on any atom is 0.242 e. The van der Waals surface area contributed by atoms with Crippen LogP contribution in [0.3, 0.4) is 0 Å². The molecule has 0 aromatic carbocycles. The van der Waals surface area contributed by atoms with Gasteiger partial charge in [-0.25, -0.2) is 0 Å². The number of nitrogens with one attached hydrogen (secondary N) is 3. The summed E-state index contributed by atoms with van der Waals surface area (Å²) in [5, 5.41) is 7.74. The first-order valence-electron chi connectivity index (χ1n) is 9.61. The van der Waals surface area contributed by atoms with Crippen LogP contribution in [0.15, 0.2) is 0 Å². The SMILES string of the molecule is C[C@H](NC(=O)CCCCCN)C(=O)N[C@@H](C)C(=O)N[C@H](C=O)CCCCN. The zero-order valence-electron chi connectivity index (χ0n) is 16.5. The summed E-state index contributed by atoms with van der Waals surface area (Å²) in [6.07, 6.45) is 5.46. The second-order valence-corrected chi connectivity index (χ2v) is 6.65. The second-order valence-electron chi connectivity index (χ2n) is 6.65. The molecule has 0 aromatic heterocycles. The molecule has 27 heavy (non-hydrogen) atoms. The lowest BCUT2D eigenvalue weighted by Crippen LogP contribution is -2.53. The quantitative estimate of drug-likeness (QED) is 0.186. The minimum absolute atomic E-state index is 0.215. The summed E-state index contributed by atoms with van der Waals surface area (Å²) in [5.41, 5.74) is 10.8. The predicted octanol–water partition coefficient (Wildman–Crippen LogP) is -0.672. The third-order valence-electron chi connectivity index (χ3n) is 4.09. The molecule has 3 atom stereocenters. The maximum absolute atomic E-state index is 12.1. The average Bonchev–Trinajstić information content (AvgIpc) is 2.64. The Morgan fingerprint density at radius 2 is 1.37 bits per heavy atom. The Morgan fingerprint density at radius 1 is 0.815 bits per heavy atom. The summed E-state index contributed by atoms with van der Waals surface area (Å²) >= 11 is 0. The molecule has 0 aliphatic rings. The van der Waals surface area contributed by atoms with Crippen molar-refractivity contribution in [3.63, 3.8) is 0 Å². The van der Waals surface area contributed by atoms with Crippen molar-refractivity contribution in [1.29, 1.82) is 0 Å². The highest BCUT2D eigenvalue weighted by Crippen LogP contribution is 2.00. The number of hydrogen-bond donors (Lipinski definition) is 5. The first-order valence-corrected chi connectivity index (χ1v) is 9.61. The van der Waals surface area contributed by atoms with Crippen LogP contribution in [0.2, 0.25) is 0 Å².